The number of carbonyl (C=O) groups excluding carboxylic acids is 2. The lowest BCUT2D eigenvalue weighted by Crippen LogP contribution is -2.49. The molecule has 0 aliphatic heterocycles. The average Bonchev–Trinajstić information content (AvgIpc) is 2.50. The first-order valence-corrected chi connectivity index (χ1v) is 9.39. The van der Waals surface area contributed by atoms with E-state index in [1.165, 1.54) is 13.2 Å². The van der Waals surface area contributed by atoms with Crippen molar-refractivity contribution in [2.45, 2.75) is 43.8 Å². The summed E-state index contributed by atoms with van der Waals surface area (Å²) in [5.74, 6) is -1.64. The second-order valence-corrected chi connectivity index (χ2v) is 8.88. The van der Waals surface area contributed by atoms with Crippen LogP contribution < -0.4 is 4.72 Å². The fraction of sp³-hybridized carbons (Fsp3) is 0.500. The molecule has 10 heteroatoms. The lowest BCUT2D eigenvalue weighted by atomic mass is 10.1. The Balaban J connectivity index is 2.96. The lowest BCUT2D eigenvalue weighted by molar-refractivity contribution is -0.174. The van der Waals surface area contributed by atoms with E-state index in [0.29, 0.717) is 0 Å². The highest BCUT2D eigenvalue weighted by Gasteiger charge is 2.36. The summed E-state index contributed by atoms with van der Waals surface area (Å²) in [6, 6.07) is 3.51. The molecule has 0 aromatic heterocycles. The van der Waals surface area contributed by atoms with Gasteiger partial charge in [0.2, 0.25) is 10.0 Å². The van der Waals surface area contributed by atoms with Crippen molar-refractivity contribution in [3.63, 3.8) is 0 Å². The first kappa shape index (κ1) is 22.4. The van der Waals surface area contributed by atoms with Crippen LogP contribution in [0.2, 0.25) is 5.02 Å². The summed E-state index contributed by atoms with van der Waals surface area (Å²) >= 11 is 5.93. The van der Waals surface area contributed by atoms with Crippen LogP contribution in [-0.2, 0) is 24.3 Å². The Kier molecular flexibility index (Phi) is 6.80. The van der Waals surface area contributed by atoms with Crippen molar-refractivity contribution >= 4 is 33.6 Å². The minimum Gasteiger partial charge on any atom is -0.465 e. The summed E-state index contributed by atoms with van der Waals surface area (Å²) in [6.45, 7) is 5.36. The second-order valence-electron chi connectivity index (χ2n) is 6.74. The second kappa shape index (κ2) is 7.91. The highest BCUT2D eigenvalue weighted by Crippen LogP contribution is 2.23. The van der Waals surface area contributed by atoms with Gasteiger partial charge < -0.3 is 14.6 Å². The summed E-state index contributed by atoms with van der Waals surface area (Å²) in [6.07, 6.45) is 0. The smallest absolute Gasteiger partial charge is 0.339 e. The molecule has 146 valence electrons. The molecule has 0 saturated heterocycles. The highest BCUT2D eigenvalue weighted by atomic mass is 35.5. The Bertz CT molecular complexity index is 797. The van der Waals surface area contributed by atoms with Gasteiger partial charge in [-0.2, -0.15) is 0 Å². The monoisotopic (exact) mass is 407 g/mol. The number of methoxy groups -OCH3 is 1. The largest absolute Gasteiger partial charge is 0.465 e. The third-order valence-corrected chi connectivity index (χ3v) is 4.97. The van der Waals surface area contributed by atoms with Gasteiger partial charge in [0.15, 0.2) is 5.60 Å². The minimum atomic E-state index is -4.15. The van der Waals surface area contributed by atoms with Crippen LogP contribution in [0.4, 0.5) is 0 Å². The van der Waals surface area contributed by atoms with Crippen LogP contribution in [-0.4, -0.2) is 50.3 Å². The van der Waals surface area contributed by atoms with Crippen LogP contribution >= 0.6 is 11.6 Å². The van der Waals surface area contributed by atoms with Gasteiger partial charge in [0.05, 0.1) is 24.2 Å². The number of benzene rings is 1. The number of esters is 2. The number of aliphatic hydroxyl groups is 1. The first-order valence-electron chi connectivity index (χ1n) is 7.53. The van der Waals surface area contributed by atoms with E-state index in [2.05, 4.69) is 9.46 Å². The molecule has 0 unspecified atom stereocenters. The van der Waals surface area contributed by atoms with E-state index >= 15 is 0 Å². The van der Waals surface area contributed by atoms with Crippen LogP contribution in [0.5, 0.6) is 0 Å². The zero-order valence-corrected chi connectivity index (χ0v) is 16.7. The molecule has 2 N–H and O–H groups in total. The molecule has 0 amide bonds. The molecule has 26 heavy (non-hydrogen) atoms. The standard InChI is InChI=1S/C16H22ClNO7S/c1-15(2,3)25-14(20)16(4,21)9-18-26(22,23)12-7-6-10(8-11(12)17)13(19)24-5/h6-8,18,21H,9H2,1-5H3/t16-/m1/s1. The number of rotatable bonds is 6. The third kappa shape index (κ3) is 5.94. The summed E-state index contributed by atoms with van der Waals surface area (Å²) in [5, 5.41) is 9.97. The number of carbonyl (C=O) groups is 2. The van der Waals surface area contributed by atoms with Crippen LogP contribution in [0.3, 0.4) is 0 Å². The molecule has 0 saturated carbocycles. The van der Waals surface area contributed by atoms with Gasteiger partial charge in [-0.25, -0.2) is 22.7 Å². The molecule has 0 spiro atoms. The van der Waals surface area contributed by atoms with Gasteiger partial charge in [-0.1, -0.05) is 11.6 Å². The molecule has 0 bridgehead atoms. The molecule has 1 aromatic carbocycles. The summed E-state index contributed by atoms with van der Waals surface area (Å²) in [5.41, 5.74) is -2.84. The topological polar surface area (TPSA) is 119 Å². The number of halogens is 1. The Hall–Kier alpha value is -1.68. The SMILES string of the molecule is COC(=O)c1ccc(S(=O)(=O)NC[C@@](C)(O)C(=O)OC(C)(C)C)c(Cl)c1. The number of nitrogens with one attached hydrogen (secondary N) is 1. The molecule has 0 fully saturated rings. The number of ether oxygens (including phenoxy) is 2. The summed E-state index contributed by atoms with van der Waals surface area (Å²) in [4.78, 5) is 23.1. The molecule has 0 radical (unpaired) electrons. The molecular weight excluding hydrogens is 386 g/mol. The first-order chi connectivity index (χ1) is 11.7. The van der Waals surface area contributed by atoms with Gasteiger partial charge in [0, 0.05) is 0 Å². The fourth-order valence-corrected chi connectivity index (χ4v) is 3.41. The van der Waals surface area contributed by atoms with E-state index in [4.69, 9.17) is 16.3 Å². The van der Waals surface area contributed by atoms with Crippen molar-refractivity contribution in [2.75, 3.05) is 13.7 Å². The molecule has 0 aliphatic rings. The van der Waals surface area contributed by atoms with Crippen LogP contribution in [0.25, 0.3) is 0 Å². The fourth-order valence-electron chi connectivity index (χ4n) is 1.74. The molecule has 1 aromatic rings. The van der Waals surface area contributed by atoms with Crippen molar-refractivity contribution in [1.82, 2.24) is 4.72 Å². The van der Waals surface area contributed by atoms with Crippen molar-refractivity contribution < 1.29 is 32.6 Å². The summed E-state index contributed by atoms with van der Waals surface area (Å²) in [7, 11) is -2.97. The Morgan fingerprint density at radius 1 is 1.23 bits per heavy atom. The lowest BCUT2D eigenvalue weighted by Gasteiger charge is -2.27. The normalized spacial score (nSPS) is 14.4. The van der Waals surface area contributed by atoms with E-state index < -0.39 is 39.7 Å². The molecule has 1 atom stereocenters. The van der Waals surface area contributed by atoms with E-state index in [0.717, 1.165) is 19.1 Å². The van der Waals surface area contributed by atoms with Gasteiger partial charge in [-0.05, 0) is 45.9 Å². The van der Waals surface area contributed by atoms with Gasteiger partial charge in [0.1, 0.15) is 10.5 Å². The number of sulfonamides is 1. The van der Waals surface area contributed by atoms with Crippen LogP contribution in [0.1, 0.15) is 38.1 Å². The van der Waals surface area contributed by atoms with Gasteiger partial charge >= 0.3 is 11.9 Å². The Labute approximate surface area is 157 Å². The van der Waals surface area contributed by atoms with Crippen LogP contribution in [0, 0.1) is 0 Å². The molecule has 0 aliphatic carbocycles. The zero-order valence-electron chi connectivity index (χ0n) is 15.1. The third-order valence-electron chi connectivity index (χ3n) is 3.09. The van der Waals surface area contributed by atoms with Crippen LogP contribution in [0.15, 0.2) is 23.1 Å². The molecule has 0 heterocycles. The predicted octanol–water partition coefficient (Wildman–Crippen LogP) is 1.50. The maximum absolute atomic E-state index is 12.4. The van der Waals surface area contributed by atoms with E-state index in [1.807, 2.05) is 0 Å². The van der Waals surface area contributed by atoms with Crippen molar-refractivity contribution in [1.29, 1.82) is 0 Å². The van der Waals surface area contributed by atoms with Gasteiger partial charge in [-0.3, -0.25) is 0 Å². The van der Waals surface area contributed by atoms with Crippen molar-refractivity contribution in [3.05, 3.63) is 28.8 Å². The number of hydrogen-bond acceptors (Lipinski definition) is 7. The Morgan fingerprint density at radius 2 is 1.81 bits per heavy atom. The molecular formula is C16H22ClNO7S. The summed E-state index contributed by atoms with van der Waals surface area (Å²) < 4.78 is 36.5. The average molecular weight is 408 g/mol. The van der Waals surface area contributed by atoms with E-state index in [-0.39, 0.29) is 15.5 Å². The Morgan fingerprint density at radius 3 is 2.27 bits per heavy atom. The zero-order chi connectivity index (χ0) is 20.3. The van der Waals surface area contributed by atoms with E-state index in [9.17, 15) is 23.1 Å². The van der Waals surface area contributed by atoms with Gasteiger partial charge in [-0.15, -0.1) is 0 Å². The molecule has 1 rings (SSSR count). The molecule has 8 nitrogen and oxygen atoms in total. The van der Waals surface area contributed by atoms with Crippen molar-refractivity contribution in [2.24, 2.45) is 0 Å². The van der Waals surface area contributed by atoms with Crippen molar-refractivity contribution in [3.8, 4) is 0 Å². The quantitative estimate of drug-likeness (QED) is 0.685. The predicted molar refractivity (Wildman–Crippen MR) is 94.4 cm³/mol. The van der Waals surface area contributed by atoms with E-state index in [1.54, 1.807) is 20.8 Å². The highest BCUT2D eigenvalue weighted by molar-refractivity contribution is 7.89. The maximum Gasteiger partial charge on any atom is 0.339 e. The van der Waals surface area contributed by atoms with Gasteiger partial charge in [0.25, 0.3) is 0 Å². The minimum absolute atomic E-state index is 0.0807. The number of hydrogen-bond donors (Lipinski definition) is 2. The maximum atomic E-state index is 12.4.